The largest absolute Gasteiger partial charge is 0.300 e. The number of anilines is 1. The van der Waals surface area contributed by atoms with Gasteiger partial charge in [-0.1, -0.05) is 55.8 Å². The highest BCUT2D eigenvalue weighted by Crippen LogP contribution is 2.31. The van der Waals surface area contributed by atoms with Crippen molar-refractivity contribution < 1.29 is 14.4 Å². The zero-order valence-electron chi connectivity index (χ0n) is 17.0. The fraction of sp³-hybridized carbons (Fsp3) is 0.217. The van der Waals surface area contributed by atoms with Gasteiger partial charge in [0.05, 0.1) is 16.8 Å². The molecule has 1 unspecified atom stereocenters. The van der Waals surface area contributed by atoms with Crippen LogP contribution >= 0.6 is 22.9 Å². The van der Waals surface area contributed by atoms with Crippen LogP contribution in [0, 0.1) is 5.92 Å². The van der Waals surface area contributed by atoms with Crippen LogP contribution in [0.2, 0.25) is 5.02 Å². The third-order valence-electron chi connectivity index (χ3n) is 5.02. The third kappa shape index (κ3) is 4.11. The monoisotopic (exact) mass is 453 g/mol. The summed E-state index contributed by atoms with van der Waals surface area (Å²) in [5, 5.41) is 5.53. The smallest absolute Gasteiger partial charge is 0.262 e. The van der Waals surface area contributed by atoms with Crippen LogP contribution in [0.15, 0.2) is 53.9 Å². The predicted molar refractivity (Wildman–Crippen MR) is 121 cm³/mol. The van der Waals surface area contributed by atoms with Gasteiger partial charge in [-0.15, -0.1) is 11.3 Å². The van der Waals surface area contributed by atoms with Crippen molar-refractivity contribution in [3.05, 3.63) is 70.1 Å². The van der Waals surface area contributed by atoms with E-state index in [0.717, 1.165) is 10.5 Å². The van der Waals surface area contributed by atoms with Gasteiger partial charge in [0.2, 0.25) is 5.91 Å². The third-order valence-corrected chi connectivity index (χ3v) is 6.11. The van der Waals surface area contributed by atoms with E-state index in [-0.39, 0.29) is 5.92 Å². The number of carbonyl (C=O) groups excluding carboxylic acids is 3. The second kappa shape index (κ2) is 8.61. The fourth-order valence-electron chi connectivity index (χ4n) is 3.58. The number of aromatic nitrogens is 1. The standard InChI is InChI=1S/C23H20ClN3O3S/c1-13(2)11-19(27-21(29)14-7-3-4-8-15(14)22(27)30)20(28)26-23-25-18(12-31-23)16-9-5-6-10-17(16)24/h3-10,12-13,19H,11H2,1-2H3,(H,25,26,28). The molecular formula is C23H20ClN3O3S. The Morgan fingerprint density at radius 2 is 1.61 bits per heavy atom. The molecule has 0 bridgehead atoms. The molecule has 2 heterocycles. The van der Waals surface area contributed by atoms with Gasteiger partial charge in [0.25, 0.3) is 11.8 Å². The van der Waals surface area contributed by atoms with Crippen molar-refractivity contribution in [1.29, 1.82) is 0 Å². The van der Waals surface area contributed by atoms with Crippen molar-refractivity contribution in [3.8, 4) is 11.3 Å². The van der Waals surface area contributed by atoms with Crippen LogP contribution in [0.1, 0.15) is 41.0 Å². The number of fused-ring (bicyclic) bond motifs is 1. The summed E-state index contributed by atoms with van der Waals surface area (Å²) in [6.45, 7) is 3.88. The molecule has 0 saturated carbocycles. The Bertz CT molecular complexity index is 1140. The van der Waals surface area contributed by atoms with Crippen LogP contribution < -0.4 is 5.32 Å². The van der Waals surface area contributed by atoms with E-state index in [1.165, 1.54) is 11.3 Å². The van der Waals surface area contributed by atoms with E-state index < -0.39 is 23.8 Å². The number of amides is 3. The number of nitrogens with zero attached hydrogens (tertiary/aromatic N) is 2. The van der Waals surface area contributed by atoms with Crippen LogP contribution in [0.5, 0.6) is 0 Å². The molecular weight excluding hydrogens is 434 g/mol. The molecule has 1 aliphatic heterocycles. The number of nitrogens with one attached hydrogen (secondary N) is 1. The van der Waals surface area contributed by atoms with Crippen LogP contribution in [-0.4, -0.2) is 33.6 Å². The van der Waals surface area contributed by atoms with Crippen LogP contribution in [0.25, 0.3) is 11.3 Å². The summed E-state index contributed by atoms with van der Waals surface area (Å²) in [6, 6.07) is 13.0. The Morgan fingerprint density at radius 3 is 2.19 bits per heavy atom. The minimum atomic E-state index is -0.930. The number of halogens is 1. The zero-order valence-corrected chi connectivity index (χ0v) is 18.5. The van der Waals surface area contributed by atoms with Gasteiger partial charge in [-0.05, 0) is 30.5 Å². The quantitative estimate of drug-likeness (QED) is 0.526. The Labute approximate surface area is 188 Å². The van der Waals surface area contributed by atoms with E-state index in [0.29, 0.717) is 33.4 Å². The molecule has 1 N–H and O–H groups in total. The Morgan fingerprint density at radius 1 is 1.03 bits per heavy atom. The van der Waals surface area contributed by atoms with E-state index in [2.05, 4.69) is 10.3 Å². The highest BCUT2D eigenvalue weighted by molar-refractivity contribution is 7.14. The maximum absolute atomic E-state index is 13.2. The topological polar surface area (TPSA) is 79.4 Å². The molecule has 3 aromatic rings. The SMILES string of the molecule is CC(C)CC(C(=O)Nc1nc(-c2ccccc2Cl)cs1)N1C(=O)c2ccccc2C1=O. The number of imide groups is 1. The van der Waals surface area contributed by atoms with E-state index in [4.69, 9.17) is 11.6 Å². The molecule has 6 nitrogen and oxygen atoms in total. The van der Waals surface area contributed by atoms with E-state index in [1.807, 2.05) is 32.0 Å². The minimum Gasteiger partial charge on any atom is -0.300 e. The summed E-state index contributed by atoms with van der Waals surface area (Å²) in [5.74, 6) is -1.24. The normalized spacial score (nSPS) is 14.1. The molecule has 0 fully saturated rings. The second-order valence-corrected chi connectivity index (χ2v) is 8.94. The van der Waals surface area contributed by atoms with Crippen molar-refractivity contribution in [2.75, 3.05) is 5.32 Å². The summed E-state index contributed by atoms with van der Waals surface area (Å²) < 4.78 is 0. The summed E-state index contributed by atoms with van der Waals surface area (Å²) in [5.41, 5.74) is 2.06. The maximum Gasteiger partial charge on any atom is 0.262 e. The number of hydrogen-bond donors (Lipinski definition) is 1. The molecule has 158 valence electrons. The number of thiazole rings is 1. The van der Waals surface area contributed by atoms with Gasteiger partial charge in [0.15, 0.2) is 5.13 Å². The lowest BCUT2D eigenvalue weighted by Crippen LogP contribution is -2.47. The van der Waals surface area contributed by atoms with Gasteiger partial charge in [-0.25, -0.2) is 4.98 Å². The van der Waals surface area contributed by atoms with Crippen molar-refractivity contribution in [2.45, 2.75) is 26.3 Å². The Kier molecular flexibility index (Phi) is 5.89. The first-order valence-electron chi connectivity index (χ1n) is 9.85. The number of benzene rings is 2. The average Bonchev–Trinajstić information content (AvgIpc) is 3.30. The summed E-state index contributed by atoms with van der Waals surface area (Å²) in [4.78, 5) is 44.5. The highest BCUT2D eigenvalue weighted by Gasteiger charge is 2.42. The number of hydrogen-bond acceptors (Lipinski definition) is 5. The first-order valence-corrected chi connectivity index (χ1v) is 11.1. The molecule has 8 heteroatoms. The minimum absolute atomic E-state index is 0.0926. The van der Waals surface area contributed by atoms with Crippen molar-refractivity contribution in [2.24, 2.45) is 5.92 Å². The lowest BCUT2D eigenvalue weighted by Gasteiger charge is -2.26. The van der Waals surface area contributed by atoms with Gasteiger partial charge in [0.1, 0.15) is 6.04 Å². The van der Waals surface area contributed by atoms with Gasteiger partial charge >= 0.3 is 0 Å². The zero-order chi connectivity index (χ0) is 22.1. The molecule has 0 spiro atoms. The molecule has 1 atom stereocenters. The van der Waals surface area contributed by atoms with Crippen molar-refractivity contribution >= 4 is 45.8 Å². The van der Waals surface area contributed by atoms with Gasteiger partial charge in [-0.2, -0.15) is 0 Å². The maximum atomic E-state index is 13.2. The van der Waals surface area contributed by atoms with Crippen LogP contribution in [0.4, 0.5) is 5.13 Å². The molecule has 1 aromatic heterocycles. The first kappa shape index (κ1) is 21.2. The van der Waals surface area contributed by atoms with E-state index >= 15 is 0 Å². The van der Waals surface area contributed by atoms with E-state index in [9.17, 15) is 14.4 Å². The first-order chi connectivity index (χ1) is 14.9. The van der Waals surface area contributed by atoms with Crippen molar-refractivity contribution in [3.63, 3.8) is 0 Å². The lowest BCUT2D eigenvalue weighted by molar-refractivity contribution is -0.120. The fourth-order valence-corrected chi connectivity index (χ4v) is 4.53. The lowest BCUT2D eigenvalue weighted by atomic mass is 10.0. The predicted octanol–water partition coefficient (Wildman–Crippen LogP) is 5.11. The van der Waals surface area contributed by atoms with Gasteiger partial charge < -0.3 is 5.32 Å². The molecule has 1 aliphatic rings. The van der Waals surface area contributed by atoms with Crippen molar-refractivity contribution in [1.82, 2.24) is 9.88 Å². The summed E-state index contributed by atoms with van der Waals surface area (Å²) >= 11 is 7.50. The highest BCUT2D eigenvalue weighted by atomic mass is 35.5. The summed E-state index contributed by atoms with van der Waals surface area (Å²) in [7, 11) is 0. The molecule has 31 heavy (non-hydrogen) atoms. The number of carbonyl (C=O) groups is 3. The van der Waals surface area contributed by atoms with Crippen LogP contribution in [0.3, 0.4) is 0 Å². The Hall–Kier alpha value is -3.03. The van der Waals surface area contributed by atoms with Crippen LogP contribution in [-0.2, 0) is 4.79 Å². The van der Waals surface area contributed by atoms with Gasteiger partial charge in [0, 0.05) is 16.0 Å². The number of rotatable bonds is 6. The summed E-state index contributed by atoms with van der Waals surface area (Å²) in [6.07, 6.45) is 0.347. The van der Waals surface area contributed by atoms with Gasteiger partial charge in [-0.3, -0.25) is 19.3 Å². The molecule has 4 rings (SSSR count). The molecule has 2 aromatic carbocycles. The molecule has 3 amide bonds. The second-order valence-electron chi connectivity index (χ2n) is 7.68. The molecule has 0 radical (unpaired) electrons. The average molecular weight is 454 g/mol. The molecule has 0 saturated heterocycles. The molecule has 0 aliphatic carbocycles. The van der Waals surface area contributed by atoms with E-state index in [1.54, 1.807) is 35.7 Å². The Balaban J connectivity index is 1.59.